The van der Waals surface area contributed by atoms with Gasteiger partial charge in [-0.2, -0.15) is 0 Å². The normalized spacial score (nSPS) is 10.9. The molecule has 0 amide bonds. The molecule has 0 radical (unpaired) electrons. The van der Waals surface area contributed by atoms with E-state index in [0.29, 0.717) is 17.5 Å². The maximum atomic E-state index is 4.85. The van der Waals surface area contributed by atoms with Gasteiger partial charge in [-0.3, -0.25) is 9.97 Å². The molecule has 0 bridgehead atoms. The van der Waals surface area contributed by atoms with Gasteiger partial charge in [0.15, 0.2) is 17.5 Å². The molecule has 5 nitrogen and oxygen atoms in total. The van der Waals surface area contributed by atoms with E-state index in [1.807, 2.05) is 91.1 Å². The Morgan fingerprint density at radius 3 is 1.38 bits per heavy atom. The molecule has 4 aromatic carbocycles. The van der Waals surface area contributed by atoms with Crippen LogP contribution in [0.2, 0.25) is 0 Å². The van der Waals surface area contributed by atoms with Crippen molar-refractivity contribution in [1.82, 2.24) is 24.9 Å². The van der Waals surface area contributed by atoms with Gasteiger partial charge < -0.3 is 0 Å². The van der Waals surface area contributed by atoms with Crippen LogP contribution in [0.4, 0.5) is 0 Å². The van der Waals surface area contributed by atoms with E-state index in [9.17, 15) is 0 Å². The summed E-state index contributed by atoms with van der Waals surface area (Å²) in [7, 11) is 0. The van der Waals surface area contributed by atoms with Crippen LogP contribution in [0.1, 0.15) is 0 Å². The molecule has 198 valence electrons. The van der Waals surface area contributed by atoms with Crippen molar-refractivity contribution in [3.05, 3.63) is 152 Å². The summed E-state index contributed by atoms with van der Waals surface area (Å²) in [5.74, 6) is 1.94. The van der Waals surface area contributed by atoms with E-state index in [4.69, 9.17) is 19.9 Å². The van der Waals surface area contributed by atoms with E-state index in [2.05, 4.69) is 59.6 Å². The minimum atomic E-state index is 0.639. The summed E-state index contributed by atoms with van der Waals surface area (Å²) in [4.78, 5) is 23.6. The summed E-state index contributed by atoms with van der Waals surface area (Å²) in [5, 5.41) is 0. The second-order valence-electron chi connectivity index (χ2n) is 9.84. The minimum Gasteiger partial charge on any atom is -0.256 e. The quantitative estimate of drug-likeness (QED) is 0.212. The van der Waals surface area contributed by atoms with Gasteiger partial charge in [-0.25, -0.2) is 15.0 Å². The minimum absolute atomic E-state index is 0.639. The Morgan fingerprint density at radius 2 is 0.810 bits per heavy atom. The standard InChI is InChI=1S/C37H25N5/c1-3-10-27(11-4-1)35-40-36(28-12-5-2-6-13-28)42-37(41-35)29-19-17-26(18-20-29)30-14-9-15-31(24-30)34-22-21-32(25-39-34)33-16-7-8-23-38-33/h1-25H. The van der Waals surface area contributed by atoms with Gasteiger partial charge in [0.1, 0.15) is 0 Å². The molecule has 7 aromatic rings. The number of hydrogen-bond acceptors (Lipinski definition) is 5. The Labute approximate surface area is 244 Å². The molecule has 42 heavy (non-hydrogen) atoms. The Kier molecular flexibility index (Phi) is 6.81. The van der Waals surface area contributed by atoms with Crippen molar-refractivity contribution in [1.29, 1.82) is 0 Å². The zero-order valence-electron chi connectivity index (χ0n) is 22.7. The van der Waals surface area contributed by atoms with Gasteiger partial charge >= 0.3 is 0 Å². The lowest BCUT2D eigenvalue weighted by Gasteiger charge is -2.10. The highest BCUT2D eigenvalue weighted by Crippen LogP contribution is 2.29. The third kappa shape index (κ3) is 5.31. The number of hydrogen-bond donors (Lipinski definition) is 0. The molecule has 0 aliphatic rings. The maximum absolute atomic E-state index is 4.85. The molecular formula is C37H25N5. The predicted molar refractivity (Wildman–Crippen MR) is 168 cm³/mol. The van der Waals surface area contributed by atoms with Gasteiger partial charge in [-0.05, 0) is 41.5 Å². The fourth-order valence-corrected chi connectivity index (χ4v) is 4.86. The fourth-order valence-electron chi connectivity index (χ4n) is 4.86. The molecule has 0 saturated carbocycles. The van der Waals surface area contributed by atoms with Gasteiger partial charge in [0.25, 0.3) is 0 Å². The van der Waals surface area contributed by atoms with E-state index in [1.165, 1.54) is 0 Å². The Bertz CT molecular complexity index is 1880. The van der Waals surface area contributed by atoms with Crippen molar-refractivity contribution in [2.24, 2.45) is 0 Å². The first-order valence-corrected chi connectivity index (χ1v) is 13.8. The molecule has 3 heterocycles. The van der Waals surface area contributed by atoms with Crippen LogP contribution in [0, 0.1) is 0 Å². The summed E-state index contributed by atoms with van der Waals surface area (Å²) in [6.45, 7) is 0. The molecular weight excluding hydrogens is 514 g/mol. The van der Waals surface area contributed by atoms with E-state index < -0.39 is 0 Å². The molecule has 0 aliphatic carbocycles. The zero-order chi connectivity index (χ0) is 28.1. The number of rotatable bonds is 6. The molecule has 0 N–H and O–H groups in total. The van der Waals surface area contributed by atoms with Crippen LogP contribution < -0.4 is 0 Å². The number of pyridine rings is 2. The van der Waals surface area contributed by atoms with Gasteiger partial charge in [0.05, 0.1) is 11.4 Å². The number of benzene rings is 4. The third-order valence-corrected chi connectivity index (χ3v) is 7.06. The van der Waals surface area contributed by atoms with Crippen molar-refractivity contribution in [2.75, 3.05) is 0 Å². The van der Waals surface area contributed by atoms with Gasteiger partial charge in [0.2, 0.25) is 0 Å². The lowest BCUT2D eigenvalue weighted by atomic mass is 10.00. The van der Waals surface area contributed by atoms with Gasteiger partial charge in [0, 0.05) is 40.2 Å². The van der Waals surface area contributed by atoms with Crippen molar-refractivity contribution in [3.8, 4) is 67.8 Å². The van der Waals surface area contributed by atoms with Gasteiger partial charge in [-0.1, -0.05) is 109 Å². The largest absolute Gasteiger partial charge is 0.256 e. The van der Waals surface area contributed by atoms with Crippen molar-refractivity contribution in [3.63, 3.8) is 0 Å². The second kappa shape index (κ2) is 11.4. The lowest BCUT2D eigenvalue weighted by Crippen LogP contribution is -2.00. The smallest absolute Gasteiger partial charge is 0.164 e. The first-order chi connectivity index (χ1) is 20.8. The highest BCUT2D eigenvalue weighted by molar-refractivity contribution is 5.74. The summed E-state index contributed by atoms with van der Waals surface area (Å²) in [6.07, 6.45) is 3.67. The molecule has 7 rings (SSSR count). The maximum Gasteiger partial charge on any atom is 0.164 e. The van der Waals surface area contributed by atoms with E-state index in [1.54, 1.807) is 6.20 Å². The van der Waals surface area contributed by atoms with Crippen LogP contribution in [0.25, 0.3) is 67.8 Å². The summed E-state index contributed by atoms with van der Waals surface area (Å²) < 4.78 is 0. The molecule has 5 heteroatoms. The third-order valence-electron chi connectivity index (χ3n) is 7.06. The number of aromatic nitrogens is 5. The summed E-state index contributed by atoms with van der Waals surface area (Å²) >= 11 is 0. The van der Waals surface area contributed by atoms with Crippen LogP contribution in [-0.4, -0.2) is 24.9 Å². The summed E-state index contributed by atoms with van der Waals surface area (Å²) in [6, 6.07) is 46.8. The van der Waals surface area contributed by atoms with E-state index in [0.717, 1.165) is 50.3 Å². The number of nitrogens with zero attached hydrogens (tertiary/aromatic N) is 5. The SMILES string of the molecule is c1ccc(-c2nc(-c3ccccc3)nc(-c3ccc(-c4cccc(-c5ccc(-c6ccccn6)cn5)c4)cc3)n2)cc1. The zero-order valence-corrected chi connectivity index (χ0v) is 22.7. The van der Waals surface area contributed by atoms with Crippen molar-refractivity contribution >= 4 is 0 Å². The summed E-state index contributed by atoms with van der Waals surface area (Å²) in [5.41, 5.74) is 8.93. The van der Waals surface area contributed by atoms with E-state index in [-0.39, 0.29) is 0 Å². The lowest BCUT2D eigenvalue weighted by molar-refractivity contribution is 1.07. The molecule has 0 atom stereocenters. The highest BCUT2D eigenvalue weighted by atomic mass is 15.0. The molecule has 0 aliphatic heterocycles. The van der Waals surface area contributed by atoms with Crippen LogP contribution >= 0.6 is 0 Å². The first-order valence-electron chi connectivity index (χ1n) is 13.8. The van der Waals surface area contributed by atoms with Crippen LogP contribution in [-0.2, 0) is 0 Å². The van der Waals surface area contributed by atoms with Crippen LogP contribution in [0.15, 0.2) is 152 Å². The Morgan fingerprint density at radius 1 is 0.310 bits per heavy atom. The van der Waals surface area contributed by atoms with Crippen LogP contribution in [0.3, 0.4) is 0 Å². The van der Waals surface area contributed by atoms with Gasteiger partial charge in [-0.15, -0.1) is 0 Å². The molecule has 0 fully saturated rings. The fraction of sp³-hybridized carbons (Fsp3) is 0. The Hall–Kier alpha value is -5.81. The monoisotopic (exact) mass is 539 g/mol. The second-order valence-corrected chi connectivity index (χ2v) is 9.84. The van der Waals surface area contributed by atoms with E-state index >= 15 is 0 Å². The molecule has 0 spiro atoms. The average molecular weight is 540 g/mol. The van der Waals surface area contributed by atoms with Crippen molar-refractivity contribution in [2.45, 2.75) is 0 Å². The molecule has 0 unspecified atom stereocenters. The van der Waals surface area contributed by atoms with Crippen molar-refractivity contribution < 1.29 is 0 Å². The van der Waals surface area contributed by atoms with Crippen LogP contribution in [0.5, 0.6) is 0 Å². The first kappa shape index (κ1) is 25.2. The average Bonchev–Trinajstić information content (AvgIpc) is 3.09. The predicted octanol–water partition coefficient (Wildman–Crippen LogP) is 8.66. The topological polar surface area (TPSA) is 64.5 Å². The highest BCUT2D eigenvalue weighted by Gasteiger charge is 2.12. The Balaban J connectivity index is 1.20. The molecule has 0 saturated heterocycles. The molecule has 3 aromatic heterocycles.